The minimum atomic E-state index is -3.92. The molecule has 0 aliphatic heterocycles. The molecule has 16 heavy (non-hydrogen) atoms. The molecule has 0 fully saturated rings. The maximum Gasteiger partial charge on any atom is 0.349 e. The molecule has 0 aromatic carbocycles. The molecule has 0 saturated heterocycles. The Kier molecular flexibility index (Phi) is 5.63. The normalized spacial score (nSPS) is 17.2. The van der Waals surface area contributed by atoms with Crippen LogP contribution in [0.2, 0.25) is 0 Å². The molecule has 1 atom stereocenters. The van der Waals surface area contributed by atoms with Crippen LogP contribution in [0.25, 0.3) is 0 Å². The van der Waals surface area contributed by atoms with E-state index in [9.17, 15) is 9.46 Å². The molecule has 5 nitrogen and oxygen atoms in total. The van der Waals surface area contributed by atoms with Crippen LogP contribution in [0, 0.1) is 0 Å². The predicted octanol–water partition coefficient (Wildman–Crippen LogP) is 2.14. The first-order valence-corrected chi connectivity index (χ1v) is 7.39. The van der Waals surface area contributed by atoms with Crippen LogP contribution < -0.4 is 11.5 Å². The number of hydrogen-bond acceptors (Lipinski definition) is 4. The Bertz CT molecular complexity index is 263. The van der Waals surface area contributed by atoms with E-state index in [1.165, 1.54) is 0 Å². The molecule has 5 N–H and O–H groups in total. The summed E-state index contributed by atoms with van der Waals surface area (Å²) in [5, 5.41) is -1.21. The van der Waals surface area contributed by atoms with Gasteiger partial charge in [-0.3, -0.25) is 9.09 Å². The maximum absolute atomic E-state index is 12.2. The highest BCUT2D eigenvalue weighted by Crippen LogP contribution is 2.58. The van der Waals surface area contributed by atoms with Gasteiger partial charge in [-0.1, -0.05) is 27.7 Å². The summed E-state index contributed by atoms with van der Waals surface area (Å²) in [6.07, 6.45) is 1.69. The zero-order chi connectivity index (χ0) is 13.0. The Morgan fingerprint density at radius 2 is 1.44 bits per heavy atom. The molecule has 0 saturated carbocycles. The second kappa shape index (κ2) is 5.61. The molecule has 0 aliphatic rings. The third kappa shape index (κ3) is 3.28. The van der Waals surface area contributed by atoms with Gasteiger partial charge in [-0.15, -0.1) is 0 Å². The highest BCUT2D eigenvalue weighted by molar-refractivity contribution is 7.54. The summed E-state index contributed by atoms with van der Waals surface area (Å²) >= 11 is 0. The maximum atomic E-state index is 12.2. The Hall–Kier alpha value is 0.0700. The lowest BCUT2D eigenvalue weighted by atomic mass is 10.1. The molecular formula is C10H25N2O3P. The van der Waals surface area contributed by atoms with Crippen molar-refractivity contribution in [1.82, 2.24) is 0 Å². The summed E-state index contributed by atoms with van der Waals surface area (Å²) < 4.78 is 17.4. The van der Waals surface area contributed by atoms with Crippen molar-refractivity contribution in [3.63, 3.8) is 0 Å². The topological polar surface area (TPSA) is 98.6 Å². The lowest BCUT2D eigenvalue weighted by Gasteiger charge is -2.37. The summed E-state index contributed by atoms with van der Waals surface area (Å²) in [6.45, 7) is 7.18. The van der Waals surface area contributed by atoms with Gasteiger partial charge < -0.3 is 16.4 Å². The Balaban J connectivity index is 5.00. The summed E-state index contributed by atoms with van der Waals surface area (Å²) in [4.78, 5) is 9.96. The van der Waals surface area contributed by atoms with Crippen LogP contribution in [0.15, 0.2) is 0 Å². The van der Waals surface area contributed by atoms with Gasteiger partial charge in [0.05, 0.1) is 0 Å². The van der Waals surface area contributed by atoms with Crippen molar-refractivity contribution in [1.29, 1.82) is 0 Å². The molecule has 1 unspecified atom stereocenters. The summed E-state index contributed by atoms with van der Waals surface area (Å²) in [5.74, 6) is 0. The lowest BCUT2D eigenvalue weighted by Crippen LogP contribution is -2.46. The van der Waals surface area contributed by atoms with Gasteiger partial charge in [-0.2, -0.15) is 0 Å². The molecule has 0 amide bonds. The van der Waals surface area contributed by atoms with Crippen LogP contribution in [0.1, 0.15) is 53.4 Å². The minimum Gasteiger partial charge on any atom is -0.323 e. The second-order valence-electron chi connectivity index (χ2n) is 4.19. The molecule has 6 heteroatoms. The molecule has 0 bridgehead atoms. The summed E-state index contributed by atoms with van der Waals surface area (Å²) in [7, 11) is -3.92. The Morgan fingerprint density at radius 3 is 1.69 bits per heavy atom. The van der Waals surface area contributed by atoms with Crippen molar-refractivity contribution in [2.24, 2.45) is 11.5 Å². The number of nitrogens with two attached hydrogens (primary N) is 2. The van der Waals surface area contributed by atoms with Crippen molar-refractivity contribution in [2.75, 3.05) is 0 Å². The van der Waals surface area contributed by atoms with Crippen molar-refractivity contribution in [3.05, 3.63) is 0 Å². The van der Waals surface area contributed by atoms with E-state index in [2.05, 4.69) is 0 Å². The fourth-order valence-electron chi connectivity index (χ4n) is 1.37. The Labute approximate surface area is 98.1 Å². The van der Waals surface area contributed by atoms with Crippen LogP contribution in [0.3, 0.4) is 0 Å². The first-order valence-electron chi connectivity index (χ1n) is 5.81. The fraction of sp³-hybridized carbons (Fsp3) is 1.00. The highest BCUT2D eigenvalue weighted by atomic mass is 31.2. The lowest BCUT2D eigenvalue weighted by molar-refractivity contribution is 0.0456. The van der Waals surface area contributed by atoms with Crippen LogP contribution in [0.5, 0.6) is 0 Å². The third-order valence-electron chi connectivity index (χ3n) is 3.29. The van der Waals surface area contributed by atoms with Gasteiger partial charge in [0.25, 0.3) is 0 Å². The van der Waals surface area contributed by atoms with E-state index < -0.39 is 18.6 Å². The van der Waals surface area contributed by atoms with Crippen LogP contribution in [-0.2, 0) is 9.09 Å². The third-order valence-corrected chi connectivity index (χ3v) is 5.66. The smallest absolute Gasteiger partial charge is 0.323 e. The van der Waals surface area contributed by atoms with E-state index in [0.717, 1.165) is 0 Å². The zero-order valence-corrected chi connectivity index (χ0v) is 11.6. The van der Waals surface area contributed by atoms with Crippen LogP contribution in [0.4, 0.5) is 0 Å². The molecule has 0 spiro atoms. The van der Waals surface area contributed by atoms with E-state index >= 15 is 0 Å². The fourth-order valence-corrected chi connectivity index (χ4v) is 3.10. The standard InChI is InChI=1S/C10H25N2O3P/c1-5-9(11,6-2)15-16(13,14)10(12,7-3)8-4/h5-8,11-12H2,1-4H3,(H,13,14). The van der Waals surface area contributed by atoms with Gasteiger partial charge in [-0.05, 0) is 25.7 Å². The molecule has 98 valence electrons. The quantitative estimate of drug-likeness (QED) is 0.476. The molecular weight excluding hydrogens is 227 g/mol. The average molecular weight is 252 g/mol. The molecule has 0 rings (SSSR count). The SMILES string of the molecule is CCC(N)(CC)OP(=O)(O)C(N)(CC)CC. The van der Waals surface area contributed by atoms with Gasteiger partial charge >= 0.3 is 7.60 Å². The largest absolute Gasteiger partial charge is 0.349 e. The van der Waals surface area contributed by atoms with Gasteiger partial charge in [0.1, 0.15) is 11.0 Å². The number of rotatable bonds is 7. The first-order chi connectivity index (χ1) is 7.20. The van der Waals surface area contributed by atoms with Gasteiger partial charge in [0, 0.05) is 0 Å². The molecule has 0 aromatic heterocycles. The monoisotopic (exact) mass is 252 g/mol. The van der Waals surface area contributed by atoms with E-state index in [4.69, 9.17) is 16.0 Å². The Morgan fingerprint density at radius 1 is 1.06 bits per heavy atom. The average Bonchev–Trinajstić information content (AvgIpc) is 2.26. The second-order valence-corrected chi connectivity index (χ2v) is 6.31. The van der Waals surface area contributed by atoms with Gasteiger partial charge in [0.15, 0.2) is 0 Å². The zero-order valence-electron chi connectivity index (χ0n) is 10.7. The van der Waals surface area contributed by atoms with Crippen molar-refractivity contribution < 1.29 is 14.0 Å². The summed E-state index contributed by atoms with van der Waals surface area (Å²) in [5.41, 5.74) is 10.7. The molecule has 0 heterocycles. The van der Waals surface area contributed by atoms with Gasteiger partial charge in [0.2, 0.25) is 0 Å². The van der Waals surface area contributed by atoms with E-state index in [1.54, 1.807) is 13.8 Å². The molecule has 0 aromatic rings. The summed E-state index contributed by atoms with van der Waals surface area (Å²) in [6, 6.07) is 0. The highest BCUT2D eigenvalue weighted by Gasteiger charge is 2.46. The predicted molar refractivity (Wildman–Crippen MR) is 65.9 cm³/mol. The van der Waals surface area contributed by atoms with Crippen molar-refractivity contribution in [3.8, 4) is 0 Å². The minimum absolute atomic E-state index is 0.376. The van der Waals surface area contributed by atoms with Gasteiger partial charge in [-0.25, -0.2) is 0 Å². The van der Waals surface area contributed by atoms with E-state index in [1.807, 2.05) is 13.8 Å². The molecule has 0 aliphatic carbocycles. The number of hydrogen-bond donors (Lipinski definition) is 3. The van der Waals surface area contributed by atoms with E-state index in [0.29, 0.717) is 25.7 Å². The van der Waals surface area contributed by atoms with Crippen LogP contribution >= 0.6 is 7.60 Å². The van der Waals surface area contributed by atoms with Crippen molar-refractivity contribution in [2.45, 2.75) is 64.4 Å². The van der Waals surface area contributed by atoms with Crippen LogP contribution in [-0.4, -0.2) is 15.9 Å². The molecule has 0 radical (unpaired) electrons. The van der Waals surface area contributed by atoms with E-state index in [-0.39, 0.29) is 0 Å². The van der Waals surface area contributed by atoms with Crippen molar-refractivity contribution >= 4 is 7.60 Å². The first kappa shape index (κ1) is 16.1.